The van der Waals surface area contributed by atoms with E-state index >= 15 is 0 Å². The third kappa shape index (κ3) is 1.35. The molecule has 52 valence electrons. The topological polar surface area (TPSA) is 0 Å². The predicted molar refractivity (Wildman–Crippen MR) is 38.8 cm³/mol. The third-order valence-corrected chi connectivity index (χ3v) is 1.42. The molecule has 0 aromatic heterocycles. The van der Waals surface area contributed by atoms with Crippen molar-refractivity contribution in [3.05, 3.63) is 29.8 Å². The lowest BCUT2D eigenvalue weighted by Crippen LogP contribution is -2.22. The standard InChI is InChI=1S/C7H7BF2/c1-6-4-2-3-5-7(6)8(9)10/h2-5H,1H3. The Hall–Kier alpha value is -0.855. The average Bonchev–Trinajstić information content (AvgIpc) is 1.88. The highest BCUT2D eigenvalue weighted by Crippen LogP contribution is 1.97. The second-order valence-corrected chi connectivity index (χ2v) is 2.16. The summed E-state index contributed by atoms with van der Waals surface area (Å²) < 4.78 is 24.1. The lowest BCUT2D eigenvalue weighted by Gasteiger charge is -1.98. The van der Waals surface area contributed by atoms with Crippen molar-refractivity contribution >= 4 is 12.7 Å². The highest BCUT2D eigenvalue weighted by molar-refractivity contribution is 6.60. The van der Waals surface area contributed by atoms with Gasteiger partial charge in [0.05, 0.1) is 0 Å². The van der Waals surface area contributed by atoms with Crippen LogP contribution in [0.2, 0.25) is 0 Å². The van der Waals surface area contributed by atoms with Gasteiger partial charge in [-0.15, -0.1) is 0 Å². The van der Waals surface area contributed by atoms with Gasteiger partial charge in [-0.05, 0) is 12.4 Å². The van der Waals surface area contributed by atoms with Gasteiger partial charge in [-0.2, -0.15) is 0 Å². The summed E-state index contributed by atoms with van der Waals surface area (Å²) in [5, 5.41) is 0. The minimum absolute atomic E-state index is 0.127. The molecule has 3 heteroatoms. The molecule has 10 heavy (non-hydrogen) atoms. The summed E-state index contributed by atoms with van der Waals surface area (Å²) in [5.74, 6) is 0. The molecule has 0 unspecified atom stereocenters. The Morgan fingerprint density at radius 1 is 1.20 bits per heavy atom. The molecule has 0 amide bonds. The van der Waals surface area contributed by atoms with Gasteiger partial charge >= 0.3 is 7.27 Å². The molecule has 0 saturated carbocycles. The lowest BCUT2D eigenvalue weighted by molar-refractivity contribution is 0.684. The molecule has 0 fully saturated rings. The molecule has 0 aliphatic rings. The molecule has 0 radical (unpaired) electrons. The smallest absolute Gasteiger partial charge is 0.281 e. The number of hydrogen-bond acceptors (Lipinski definition) is 0. The highest BCUT2D eigenvalue weighted by Gasteiger charge is 2.16. The summed E-state index contributed by atoms with van der Waals surface area (Å²) in [5.41, 5.74) is 0.778. The monoisotopic (exact) mass is 140 g/mol. The molecule has 1 rings (SSSR count). The van der Waals surface area contributed by atoms with E-state index in [0.29, 0.717) is 5.56 Å². The van der Waals surface area contributed by atoms with Crippen LogP contribution in [0.25, 0.3) is 0 Å². The normalized spacial score (nSPS) is 9.50. The van der Waals surface area contributed by atoms with Crippen LogP contribution in [0.5, 0.6) is 0 Å². The van der Waals surface area contributed by atoms with Crippen LogP contribution in [0.3, 0.4) is 0 Å². The fourth-order valence-corrected chi connectivity index (χ4v) is 0.832. The Balaban J connectivity index is 3.03. The number of benzene rings is 1. The van der Waals surface area contributed by atoms with Crippen molar-refractivity contribution in [2.75, 3.05) is 0 Å². The quantitative estimate of drug-likeness (QED) is 0.520. The summed E-state index contributed by atoms with van der Waals surface area (Å²) >= 11 is 0. The number of aryl methyl sites for hydroxylation is 1. The van der Waals surface area contributed by atoms with Crippen LogP contribution >= 0.6 is 0 Å². The van der Waals surface area contributed by atoms with E-state index in [1.807, 2.05) is 0 Å². The van der Waals surface area contributed by atoms with Crippen molar-refractivity contribution < 1.29 is 8.63 Å². The highest BCUT2D eigenvalue weighted by atomic mass is 19.2. The van der Waals surface area contributed by atoms with Gasteiger partial charge in [-0.1, -0.05) is 29.8 Å². The Kier molecular flexibility index (Phi) is 2.04. The number of hydrogen-bond donors (Lipinski definition) is 0. The molecular weight excluding hydrogens is 133 g/mol. The van der Waals surface area contributed by atoms with E-state index in [2.05, 4.69) is 0 Å². The minimum atomic E-state index is -2.35. The maximum Gasteiger partial charge on any atom is 0.572 e. The fourth-order valence-electron chi connectivity index (χ4n) is 0.832. The van der Waals surface area contributed by atoms with Gasteiger partial charge in [0, 0.05) is 0 Å². The first-order chi connectivity index (χ1) is 4.72. The molecule has 0 nitrogen and oxygen atoms in total. The second kappa shape index (κ2) is 2.82. The molecule has 0 atom stereocenters. The zero-order valence-electron chi connectivity index (χ0n) is 5.64. The maximum absolute atomic E-state index is 12.0. The van der Waals surface area contributed by atoms with Crippen molar-refractivity contribution in [3.63, 3.8) is 0 Å². The third-order valence-electron chi connectivity index (χ3n) is 1.42. The molecule has 0 aliphatic carbocycles. The Morgan fingerprint density at radius 3 is 2.20 bits per heavy atom. The summed E-state index contributed by atoms with van der Waals surface area (Å²) in [7, 11) is -2.35. The number of rotatable bonds is 1. The summed E-state index contributed by atoms with van der Waals surface area (Å²) in [6.45, 7) is 1.68. The lowest BCUT2D eigenvalue weighted by atomic mass is 9.83. The van der Waals surface area contributed by atoms with Crippen LogP contribution in [0.15, 0.2) is 24.3 Å². The molecule has 0 aliphatic heterocycles. The first-order valence-electron chi connectivity index (χ1n) is 3.05. The second-order valence-electron chi connectivity index (χ2n) is 2.16. The van der Waals surface area contributed by atoms with Gasteiger partial charge in [-0.25, -0.2) is 0 Å². The predicted octanol–water partition coefficient (Wildman–Crippen LogP) is 1.63. The Bertz CT molecular complexity index is 223. The van der Waals surface area contributed by atoms with E-state index in [0.717, 1.165) is 0 Å². The van der Waals surface area contributed by atoms with E-state index in [1.54, 1.807) is 25.1 Å². The molecule has 0 heterocycles. The van der Waals surface area contributed by atoms with Crippen molar-refractivity contribution in [2.24, 2.45) is 0 Å². The zero-order chi connectivity index (χ0) is 7.56. The van der Waals surface area contributed by atoms with Crippen LogP contribution in [-0.4, -0.2) is 7.27 Å². The van der Waals surface area contributed by atoms with Crippen molar-refractivity contribution in [2.45, 2.75) is 6.92 Å². The minimum Gasteiger partial charge on any atom is -0.281 e. The van der Waals surface area contributed by atoms with Gasteiger partial charge in [0.2, 0.25) is 0 Å². The first-order valence-corrected chi connectivity index (χ1v) is 3.05. The van der Waals surface area contributed by atoms with E-state index in [1.165, 1.54) is 6.07 Å². The largest absolute Gasteiger partial charge is 0.572 e. The van der Waals surface area contributed by atoms with E-state index in [9.17, 15) is 8.63 Å². The molecule has 0 saturated heterocycles. The fraction of sp³-hybridized carbons (Fsp3) is 0.143. The molecule has 0 N–H and O–H groups in total. The van der Waals surface area contributed by atoms with E-state index < -0.39 is 7.27 Å². The summed E-state index contributed by atoms with van der Waals surface area (Å²) in [6.07, 6.45) is 0. The Morgan fingerprint density at radius 2 is 1.80 bits per heavy atom. The molecule has 0 bridgehead atoms. The van der Waals surface area contributed by atoms with Gasteiger partial charge < -0.3 is 0 Å². The molecule has 1 aromatic carbocycles. The van der Waals surface area contributed by atoms with Crippen LogP contribution in [0.1, 0.15) is 5.56 Å². The molecular formula is C7H7BF2. The summed E-state index contributed by atoms with van der Waals surface area (Å²) in [6, 6.07) is 6.50. The first kappa shape index (κ1) is 7.25. The number of halogens is 2. The van der Waals surface area contributed by atoms with Gasteiger partial charge in [0.25, 0.3) is 0 Å². The Labute approximate surface area is 59.0 Å². The van der Waals surface area contributed by atoms with Gasteiger partial charge in [-0.3, -0.25) is 8.63 Å². The van der Waals surface area contributed by atoms with Crippen molar-refractivity contribution in [3.8, 4) is 0 Å². The van der Waals surface area contributed by atoms with Crippen LogP contribution in [-0.2, 0) is 0 Å². The SMILES string of the molecule is Cc1ccccc1B(F)F. The maximum atomic E-state index is 12.0. The molecule has 1 aromatic rings. The molecule has 0 spiro atoms. The zero-order valence-corrected chi connectivity index (χ0v) is 5.64. The van der Waals surface area contributed by atoms with E-state index in [-0.39, 0.29) is 5.46 Å². The van der Waals surface area contributed by atoms with Gasteiger partial charge in [0.1, 0.15) is 0 Å². The average molecular weight is 140 g/mol. The summed E-state index contributed by atoms with van der Waals surface area (Å²) in [4.78, 5) is 0. The van der Waals surface area contributed by atoms with Crippen molar-refractivity contribution in [1.29, 1.82) is 0 Å². The van der Waals surface area contributed by atoms with Crippen LogP contribution in [0, 0.1) is 6.92 Å². The van der Waals surface area contributed by atoms with Crippen LogP contribution in [0.4, 0.5) is 8.63 Å². The van der Waals surface area contributed by atoms with Crippen molar-refractivity contribution in [1.82, 2.24) is 0 Å². The van der Waals surface area contributed by atoms with E-state index in [4.69, 9.17) is 0 Å². The van der Waals surface area contributed by atoms with Crippen LogP contribution < -0.4 is 5.46 Å². The van der Waals surface area contributed by atoms with Gasteiger partial charge in [0.15, 0.2) is 0 Å².